The molecule has 4 bridgehead atoms. The lowest BCUT2D eigenvalue weighted by Gasteiger charge is -2.39. The minimum absolute atomic E-state index is 0.0149. The van der Waals surface area contributed by atoms with Crippen LogP contribution in [0.25, 0.3) is 0 Å². The molecule has 0 saturated heterocycles. The van der Waals surface area contributed by atoms with Crippen molar-refractivity contribution in [2.24, 2.45) is 17.8 Å². The highest BCUT2D eigenvalue weighted by Crippen LogP contribution is 2.64. The second-order valence-corrected chi connectivity index (χ2v) is 10.2. The van der Waals surface area contributed by atoms with E-state index in [2.05, 4.69) is 34.6 Å². The number of aryl methyl sites for hydroxylation is 1. The maximum absolute atomic E-state index is 12.3. The van der Waals surface area contributed by atoms with E-state index >= 15 is 0 Å². The summed E-state index contributed by atoms with van der Waals surface area (Å²) >= 11 is 1.27. The summed E-state index contributed by atoms with van der Waals surface area (Å²) in [5.41, 5.74) is 5.22. The van der Waals surface area contributed by atoms with Crippen LogP contribution in [0.15, 0.2) is 29.6 Å². The summed E-state index contributed by atoms with van der Waals surface area (Å²) in [6.07, 6.45) is 8.14. The van der Waals surface area contributed by atoms with Crippen LogP contribution in [-0.2, 0) is 27.8 Å². The van der Waals surface area contributed by atoms with E-state index in [9.17, 15) is 9.59 Å². The van der Waals surface area contributed by atoms with Crippen LogP contribution in [0.3, 0.4) is 0 Å². The van der Waals surface area contributed by atoms with Gasteiger partial charge >= 0.3 is 0 Å². The van der Waals surface area contributed by atoms with Gasteiger partial charge in [0, 0.05) is 11.8 Å². The molecule has 6 rings (SSSR count). The number of hydroxylamine groups is 1. The van der Waals surface area contributed by atoms with Crippen molar-refractivity contribution in [1.29, 1.82) is 0 Å². The zero-order chi connectivity index (χ0) is 20.7. The summed E-state index contributed by atoms with van der Waals surface area (Å²) < 4.78 is 0. The highest BCUT2D eigenvalue weighted by Gasteiger charge is 2.56. The molecule has 2 aromatic rings. The van der Waals surface area contributed by atoms with E-state index in [0.29, 0.717) is 29.1 Å². The molecule has 1 aromatic heterocycles. The number of rotatable bonds is 7. The molecule has 1 aromatic carbocycles. The Hall–Kier alpha value is -2.25. The van der Waals surface area contributed by atoms with Gasteiger partial charge in [-0.05, 0) is 72.8 Å². The van der Waals surface area contributed by atoms with E-state index in [0.717, 1.165) is 17.8 Å². The molecule has 1 heterocycles. The number of anilines is 1. The maximum atomic E-state index is 12.3. The van der Waals surface area contributed by atoms with E-state index in [1.807, 2.05) is 0 Å². The van der Waals surface area contributed by atoms with Gasteiger partial charge in [0.25, 0.3) is 0 Å². The Morgan fingerprint density at radius 1 is 1.10 bits per heavy atom. The predicted octanol–water partition coefficient (Wildman–Crippen LogP) is 3.84. The Labute approximate surface area is 180 Å². The molecule has 3 N–H and O–H groups in total. The molecule has 2 atom stereocenters. The topological polar surface area (TPSA) is 91.3 Å². The zero-order valence-electron chi connectivity index (χ0n) is 16.9. The van der Waals surface area contributed by atoms with E-state index in [1.165, 1.54) is 54.6 Å². The molecule has 7 heteroatoms. The molecule has 4 aliphatic carbocycles. The SMILES string of the molecule is O=C(Cc1csc(NC(=O)CCc2ccc(C34CC5CC(C3)C(C5)C4)cc2)n1)NO. The standard InChI is InChI=1S/C23H27N3O3S/c27-20(25-22-24-19(13-30-22)9-21(28)26-29)6-3-14-1-4-18(5-2-14)23-10-15-7-16(11-23)17(8-15)12-23/h1-2,4-5,13,15-17,29H,3,6-12H2,(H,26,28)(H,24,25,27). The van der Waals surface area contributed by atoms with Crippen molar-refractivity contribution < 1.29 is 14.8 Å². The molecule has 4 aliphatic rings. The van der Waals surface area contributed by atoms with Gasteiger partial charge in [0.1, 0.15) is 0 Å². The van der Waals surface area contributed by atoms with Crippen molar-refractivity contribution in [2.75, 3.05) is 5.32 Å². The summed E-state index contributed by atoms with van der Waals surface area (Å²) in [6.45, 7) is 0. The summed E-state index contributed by atoms with van der Waals surface area (Å²) in [6, 6.07) is 9.00. The molecule has 30 heavy (non-hydrogen) atoms. The van der Waals surface area contributed by atoms with Gasteiger partial charge in [-0.15, -0.1) is 11.3 Å². The van der Waals surface area contributed by atoms with Crippen LogP contribution in [0.1, 0.15) is 55.3 Å². The summed E-state index contributed by atoms with van der Waals surface area (Å²) in [7, 11) is 0. The van der Waals surface area contributed by atoms with Crippen LogP contribution in [0.4, 0.5) is 5.13 Å². The highest BCUT2D eigenvalue weighted by molar-refractivity contribution is 7.13. The van der Waals surface area contributed by atoms with Crippen LogP contribution in [0.5, 0.6) is 0 Å². The van der Waals surface area contributed by atoms with Crippen LogP contribution in [0.2, 0.25) is 0 Å². The van der Waals surface area contributed by atoms with Gasteiger partial charge in [-0.25, -0.2) is 10.5 Å². The van der Waals surface area contributed by atoms with Crippen LogP contribution in [0, 0.1) is 17.8 Å². The van der Waals surface area contributed by atoms with Crippen LogP contribution in [-0.4, -0.2) is 22.0 Å². The average Bonchev–Trinajstić information content (AvgIpc) is 3.37. The lowest BCUT2D eigenvalue weighted by molar-refractivity contribution is -0.128. The number of hydrogen-bond acceptors (Lipinski definition) is 5. The fourth-order valence-corrected chi connectivity index (χ4v) is 7.00. The third kappa shape index (κ3) is 3.76. The molecule has 4 saturated carbocycles. The Balaban J connectivity index is 1.14. The van der Waals surface area contributed by atoms with E-state index < -0.39 is 5.91 Å². The first-order chi connectivity index (χ1) is 14.5. The zero-order valence-corrected chi connectivity index (χ0v) is 17.7. The molecular weight excluding hydrogens is 398 g/mol. The lowest BCUT2D eigenvalue weighted by Crippen LogP contribution is -2.31. The number of carbonyl (C=O) groups is 2. The van der Waals surface area contributed by atoms with Crippen molar-refractivity contribution in [3.63, 3.8) is 0 Å². The largest absolute Gasteiger partial charge is 0.302 e. The second-order valence-electron chi connectivity index (χ2n) is 9.35. The molecule has 2 amide bonds. The van der Waals surface area contributed by atoms with Gasteiger partial charge in [0.2, 0.25) is 11.8 Å². The number of hydrogen-bond donors (Lipinski definition) is 3. The van der Waals surface area contributed by atoms with Gasteiger partial charge in [-0.2, -0.15) is 0 Å². The van der Waals surface area contributed by atoms with E-state index in [-0.39, 0.29) is 12.3 Å². The van der Waals surface area contributed by atoms with Crippen molar-refractivity contribution in [2.45, 2.75) is 56.8 Å². The number of carbonyl (C=O) groups excluding carboxylic acids is 2. The Bertz CT molecular complexity index is 935. The molecular formula is C23H27N3O3S. The first-order valence-corrected chi connectivity index (χ1v) is 11.7. The van der Waals surface area contributed by atoms with Crippen LogP contribution >= 0.6 is 11.3 Å². The Morgan fingerprint density at radius 2 is 1.83 bits per heavy atom. The smallest absolute Gasteiger partial charge is 0.249 e. The fourth-order valence-electron chi connectivity index (χ4n) is 6.28. The Morgan fingerprint density at radius 3 is 2.50 bits per heavy atom. The monoisotopic (exact) mass is 425 g/mol. The summed E-state index contributed by atoms with van der Waals surface area (Å²) in [4.78, 5) is 27.6. The number of amides is 2. The van der Waals surface area contributed by atoms with Gasteiger partial charge in [-0.1, -0.05) is 24.3 Å². The van der Waals surface area contributed by atoms with Crippen molar-refractivity contribution >= 4 is 28.3 Å². The highest BCUT2D eigenvalue weighted by atomic mass is 32.1. The summed E-state index contributed by atoms with van der Waals surface area (Å²) in [5.74, 6) is 2.28. The summed E-state index contributed by atoms with van der Waals surface area (Å²) in [5, 5.41) is 13.5. The molecule has 0 spiro atoms. The first kappa shape index (κ1) is 19.7. The normalized spacial score (nSPS) is 28.6. The number of benzene rings is 1. The number of aromatic nitrogens is 1. The number of nitrogens with one attached hydrogen (secondary N) is 2. The molecule has 2 unspecified atom stereocenters. The first-order valence-electron chi connectivity index (χ1n) is 10.8. The van der Waals surface area contributed by atoms with E-state index in [1.54, 1.807) is 10.9 Å². The van der Waals surface area contributed by atoms with Crippen LogP contribution < -0.4 is 10.8 Å². The third-order valence-electron chi connectivity index (χ3n) is 7.40. The minimum atomic E-state index is -0.528. The van der Waals surface area contributed by atoms with E-state index in [4.69, 9.17) is 5.21 Å². The molecule has 0 radical (unpaired) electrons. The van der Waals surface area contributed by atoms with Gasteiger partial charge in [-0.3, -0.25) is 14.8 Å². The average molecular weight is 426 g/mol. The van der Waals surface area contributed by atoms with Crippen molar-refractivity contribution in [3.8, 4) is 0 Å². The lowest BCUT2D eigenvalue weighted by atomic mass is 9.66. The maximum Gasteiger partial charge on any atom is 0.249 e. The molecule has 158 valence electrons. The molecule has 4 fully saturated rings. The third-order valence-corrected chi connectivity index (χ3v) is 8.20. The molecule has 0 aliphatic heterocycles. The van der Waals surface area contributed by atoms with Gasteiger partial charge in [0.15, 0.2) is 5.13 Å². The van der Waals surface area contributed by atoms with Crippen molar-refractivity contribution in [1.82, 2.24) is 10.5 Å². The quantitative estimate of drug-likeness (QED) is 0.464. The fraction of sp³-hybridized carbons (Fsp3) is 0.522. The second kappa shape index (κ2) is 7.78. The van der Waals surface area contributed by atoms with Gasteiger partial charge in [0.05, 0.1) is 12.1 Å². The number of nitrogens with zero attached hydrogens (tertiary/aromatic N) is 1. The molecule has 6 nitrogen and oxygen atoms in total. The van der Waals surface area contributed by atoms with Crippen molar-refractivity contribution in [3.05, 3.63) is 46.5 Å². The minimum Gasteiger partial charge on any atom is -0.302 e. The van der Waals surface area contributed by atoms with Gasteiger partial charge < -0.3 is 5.32 Å². The number of thiazole rings is 1. The predicted molar refractivity (Wildman–Crippen MR) is 114 cm³/mol. The Kier molecular flexibility index (Phi) is 5.11.